The van der Waals surface area contributed by atoms with Crippen molar-refractivity contribution in [1.29, 1.82) is 0 Å². The second kappa shape index (κ2) is 3.34. The average Bonchev–Trinajstić information content (AvgIpc) is 2.72. The van der Waals surface area contributed by atoms with Crippen LogP contribution in [0.25, 0.3) is 0 Å². The molecular formula is C14H14O. The van der Waals surface area contributed by atoms with E-state index in [0.29, 0.717) is 5.78 Å². The molecule has 76 valence electrons. The molecule has 1 heteroatoms. The van der Waals surface area contributed by atoms with Gasteiger partial charge in [-0.15, -0.1) is 0 Å². The highest BCUT2D eigenvalue weighted by atomic mass is 16.1. The normalized spacial score (nSPS) is 22.9. The molecule has 0 spiro atoms. The lowest BCUT2D eigenvalue weighted by Crippen LogP contribution is -2.25. The summed E-state index contributed by atoms with van der Waals surface area (Å²) in [6.07, 6.45) is 6.33. The number of allylic oxidation sites excluding steroid dienone is 2. The highest BCUT2D eigenvalue weighted by Crippen LogP contribution is 2.38. The highest BCUT2D eigenvalue weighted by Gasteiger charge is 2.33. The molecule has 0 aromatic heterocycles. The summed E-state index contributed by atoms with van der Waals surface area (Å²) in [4.78, 5) is 12.1. The number of carbonyl (C=O) groups excluding carboxylic acids is 1. The van der Waals surface area contributed by atoms with Crippen molar-refractivity contribution in [3.63, 3.8) is 0 Å². The third-order valence-electron chi connectivity index (χ3n) is 3.53. The first-order valence-electron chi connectivity index (χ1n) is 5.67. The molecule has 0 bridgehead atoms. The van der Waals surface area contributed by atoms with Crippen LogP contribution >= 0.6 is 0 Å². The summed E-state index contributed by atoms with van der Waals surface area (Å²) in [6, 6.07) is 8.30. The summed E-state index contributed by atoms with van der Waals surface area (Å²) in [5, 5.41) is 0. The molecule has 3 rings (SSSR count). The van der Waals surface area contributed by atoms with E-state index in [4.69, 9.17) is 0 Å². The van der Waals surface area contributed by atoms with Crippen molar-refractivity contribution in [3.8, 4) is 0 Å². The Hall–Kier alpha value is -1.37. The van der Waals surface area contributed by atoms with E-state index in [0.717, 1.165) is 31.3 Å². The summed E-state index contributed by atoms with van der Waals surface area (Å²) >= 11 is 0. The van der Waals surface area contributed by atoms with Crippen LogP contribution < -0.4 is 0 Å². The van der Waals surface area contributed by atoms with Crippen LogP contribution in [0.2, 0.25) is 0 Å². The van der Waals surface area contributed by atoms with Gasteiger partial charge in [-0.3, -0.25) is 4.79 Å². The van der Waals surface area contributed by atoms with Gasteiger partial charge in [0.2, 0.25) is 0 Å². The number of Topliss-reactive ketones (excluding diaryl/α,β-unsaturated/α-hetero) is 1. The van der Waals surface area contributed by atoms with Gasteiger partial charge in [0.05, 0.1) is 5.92 Å². The van der Waals surface area contributed by atoms with Gasteiger partial charge in [0.15, 0.2) is 5.78 Å². The SMILES string of the molecule is O=C(C1=CCCC1)C1Cc2ccccc21. The van der Waals surface area contributed by atoms with Gasteiger partial charge in [-0.25, -0.2) is 0 Å². The van der Waals surface area contributed by atoms with Crippen LogP contribution in [0.1, 0.15) is 36.3 Å². The van der Waals surface area contributed by atoms with Crippen LogP contribution in [0.3, 0.4) is 0 Å². The molecular weight excluding hydrogens is 184 g/mol. The number of fused-ring (bicyclic) bond motifs is 1. The van der Waals surface area contributed by atoms with Gasteiger partial charge < -0.3 is 0 Å². The summed E-state index contributed by atoms with van der Waals surface area (Å²) < 4.78 is 0. The summed E-state index contributed by atoms with van der Waals surface area (Å²) in [5.74, 6) is 0.553. The van der Waals surface area contributed by atoms with Crippen LogP contribution in [-0.2, 0) is 11.2 Å². The lowest BCUT2D eigenvalue weighted by Gasteiger charge is -2.29. The predicted octanol–water partition coefficient (Wildman–Crippen LogP) is 3.01. The lowest BCUT2D eigenvalue weighted by atomic mass is 9.73. The van der Waals surface area contributed by atoms with Crippen molar-refractivity contribution in [2.75, 3.05) is 0 Å². The van der Waals surface area contributed by atoms with Crippen molar-refractivity contribution in [3.05, 3.63) is 47.0 Å². The average molecular weight is 198 g/mol. The van der Waals surface area contributed by atoms with Crippen molar-refractivity contribution in [1.82, 2.24) is 0 Å². The fourth-order valence-electron chi connectivity index (χ4n) is 2.61. The van der Waals surface area contributed by atoms with E-state index >= 15 is 0 Å². The second-order valence-corrected chi connectivity index (χ2v) is 4.44. The van der Waals surface area contributed by atoms with Crippen molar-refractivity contribution in [2.45, 2.75) is 31.6 Å². The molecule has 1 nitrogen and oxygen atoms in total. The van der Waals surface area contributed by atoms with Crippen LogP contribution in [0.5, 0.6) is 0 Å². The van der Waals surface area contributed by atoms with Crippen molar-refractivity contribution in [2.24, 2.45) is 0 Å². The van der Waals surface area contributed by atoms with Gasteiger partial charge in [0.1, 0.15) is 0 Å². The molecule has 0 saturated carbocycles. The van der Waals surface area contributed by atoms with E-state index in [1.165, 1.54) is 11.1 Å². The van der Waals surface area contributed by atoms with E-state index in [2.05, 4.69) is 18.2 Å². The first-order valence-corrected chi connectivity index (χ1v) is 5.67. The van der Waals surface area contributed by atoms with Crippen LogP contribution in [-0.4, -0.2) is 5.78 Å². The maximum atomic E-state index is 12.1. The molecule has 2 aliphatic rings. The van der Waals surface area contributed by atoms with Gasteiger partial charge in [-0.2, -0.15) is 0 Å². The molecule has 1 aromatic rings. The number of benzene rings is 1. The van der Waals surface area contributed by atoms with E-state index in [1.807, 2.05) is 12.1 Å². The Labute approximate surface area is 89.8 Å². The molecule has 0 N–H and O–H groups in total. The van der Waals surface area contributed by atoms with Gasteiger partial charge in [-0.1, -0.05) is 30.3 Å². The van der Waals surface area contributed by atoms with Gasteiger partial charge in [-0.05, 0) is 42.4 Å². The molecule has 0 fully saturated rings. The number of hydrogen-bond donors (Lipinski definition) is 0. The summed E-state index contributed by atoms with van der Waals surface area (Å²) in [5.41, 5.74) is 3.69. The standard InChI is InChI=1S/C14H14O/c15-14(10-5-1-2-6-10)13-9-11-7-3-4-8-12(11)13/h3-5,7-8,13H,1-2,6,9H2. The lowest BCUT2D eigenvalue weighted by molar-refractivity contribution is -0.117. The minimum atomic E-state index is 0.172. The highest BCUT2D eigenvalue weighted by molar-refractivity contribution is 6.02. The molecule has 15 heavy (non-hydrogen) atoms. The number of hydrogen-bond acceptors (Lipinski definition) is 1. The van der Waals surface area contributed by atoms with E-state index < -0.39 is 0 Å². The molecule has 1 atom stereocenters. The Morgan fingerprint density at radius 1 is 1.27 bits per heavy atom. The minimum Gasteiger partial charge on any atom is -0.294 e. The van der Waals surface area contributed by atoms with Gasteiger partial charge in [0, 0.05) is 0 Å². The van der Waals surface area contributed by atoms with Crippen LogP contribution in [0.4, 0.5) is 0 Å². The number of carbonyl (C=O) groups is 1. The Morgan fingerprint density at radius 2 is 2.13 bits per heavy atom. The maximum Gasteiger partial charge on any atom is 0.166 e. The predicted molar refractivity (Wildman–Crippen MR) is 59.8 cm³/mol. The maximum absolute atomic E-state index is 12.1. The zero-order valence-corrected chi connectivity index (χ0v) is 8.70. The molecule has 0 saturated heterocycles. The molecule has 0 heterocycles. The first-order chi connectivity index (χ1) is 7.36. The smallest absolute Gasteiger partial charge is 0.166 e. The fourth-order valence-corrected chi connectivity index (χ4v) is 2.61. The quantitative estimate of drug-likeness (QED) is 0.714. The van der Waals surface area contributed by atoms with Crippen molar-refractivity contribution >= 4 is 5.78 Å². The number of ketones is 1. The van der Waals surface area contributed by atoms with Crippen LogP contribution in [0.15, 0.2) is 35.9 Å². The monoisotopic (exact) mass is 198 g/mol. The summed E-state index contributed by atoms with van der Waals surface area (Å²) in [6.45, 7) is 0. The Bertz CT molecular complexity index is 442. The Kier molecular flexibility index (Phi) is 1.98. The fraction of sp³-hybridized carbons (Fsp3) is 0.357. The van der Waals surface area contributed by atoms with E-state index in [-0.39, 0.29) is 5.92 Å². The molecule has 0 aliphatic heterocycles. The third kappa shape index (κ3) is 1.34. The molecule has 1 unspecified atom stereocenters. The zero-order valence-electron chi connectivity index (χ0n) is 8.70. The van der Waals surface area contributed by atoms with Crippen LogP contribution in [0, 0.1) is 0 Å². The van der Waals surface area contributed by atoms with Gasteiger partial charge in [0.25, 0.3) is 0 Å². The zero-order chi connectivity index (χ0) is 10.3. The Balaban J connectivity index is 1.84. The Morgan fingerprint density at radius 3 is 2.87 bits per heavy atom. The van der Waals surface area contributed by atoms with Crippen molar-refractivity contribution < 1.29 is 4.79 Å². The summed E-state index contributed by atoms with van der Waals surface area (Å²) in [7, 11) is 0. The second-order valence-electron chi connectivity index (χ2n) is 4.44. The van der Waals surface area contributed by atoms with E-state index in [9.17, 15) is 4.79 Å². The number of rotatable bonds is 2. The molecule has 2 aliphatic carbocycles. The molecule has 0 amide bonds. The first kappa shape index (κ1) is 8.90. The topological polar surface area (TPSA) is 17.1 Å². The molecule has 0 radical (unpaired) electrons. The van der Waals surface area contributed by atoms with E-state index in [1.54, 1.807) is 0 Å². The van der Waals surface area contributed by atoms with Gasteiger partial charge >= 0.3 is 0 Å². The third-order valence-corrected chi connectivity index (χ3v) is 3.53. The largest absolute Gasteiger partial charge is 0.294 e. The minimum absolute atomic E-state index is 0.172. The molecule has 1 aromatic carbocycles.